The second-order valence-corrected chi connectivity index (χ2v) is 2.78. The first-order chi connectivity index (χ1) is 7.04. The van der Waals surface area contributed by atoms with E-state index in [4.69, 9.17) is 0 Å². The molecule has 0 aliphatic rings. The Labute approximate surface area is 83.3 Å². The molecule has 0 amide bonds. The van der Waals surface area contributed by atoms with E-state index in [-0.39, 0.29) is 6.42 Å². The monoisotopic (exact) mass is 216 g/mol. The highest BCUT2D eigenvalue weighted by Crippen LogP contribution is 1.88. The predicted octanol–water partition coefficient (Wildman–Crippen LogP) is -0.569. The van der Waals surface area contributed by atoms with Gasteiger partial charge in [-0.25, -0.2) is 9.59 Å². The first-order valence-corrected chi connectivity index (χ1v) is 4.27. The fraction of sp³-hybridized carbons (Fsp3) is 0.375. The molecule has 1 aromatic heterocycles. The Morgan fingerprint density at radius 3 is 2.87 bits per heavy atom. The maximum Gasteiger partial charge on any atom is 0.362 e. The second-order valence-electron chi connectivity index (χ2n) is 2.78. The van der Waals surface area contributed by atoms with E-state index in [9.17, 15) is 18.8 Å². The zero-order valence-corrected chi connectivity index (χ0v) is 7.95. The Morgan fingerprint density at radius 2 is 2.27 bits per heavy atom. The average Bonchev–Trinajstić information content (AvgIpc) is 2.14. The number of rotatable bonds is 3. The van der Waals surface area contributed by atoms with Crippen LogP contribution in [-0.4, -0.2) is 15.7 Å². The zero-order valence-electron chi connectivity index (χ0n) is 7.95. The number of aromatic amines is 1. The summed E-state index contributed by atoms with van der Waals surface area (Å²) in [4.78, 5) is 38.7. The lowest BCUT2D eigenvalue weighted by molar-refractivity contribution is -0.144. The number of carbonyl (C=O) groups is 1. The normalized spacial score (nSPS) is 10.0. The molecule has 0 bridgehead atoms. The number of hydrogen-bond donors (Lipinski definition) is 1. The minimum atomic E-state index is -1.20. The van der Waals surface area contributed by atoms with Gasteiger partial charge in [0.05, 0.1) is 6.20 Å². The summed E-state index contributed by atoms with van der Waals surface area (Å²) in [6.07, 6.45) is 1.17. The van der Waals surface area contributed by atoms with Crippen molar-refractivity contribution in [1.82, 2.24) is 9.71 Å². The molecule has 0 saturated heterocycles. The van der Waals surface area contributed by atoms with Gasteiger partial charge in [0.15, 0.2) is 0 Å². The Hall–Kier alpha value is -1.92. The lowest BCUT2D eigenvalue weighted by Gasteiger charge is -2.03. The van der Waals surface area contributed by atoms with Gasteiger partial charge in [-0.3, -0.25) is 9.78 Å². The van der Waals surface area contributed by atoms with Crippen molar-refractivity contribution in [2.75, 3.05) is 0 Å². The van der Waals surface area contributed by atoms with Gasteiger partial charge in [-0.2, -0.15) is 4.39 Å². The number of nitrogens with zero attached hydrogens (tertiary/aromatic N) is 1. The second kappa shape index (κ2) is 4.54. The largest absolute Gasteiger partial charge is 0.362 e. The van der Waals surface area contributed by atoms with Gasteiger partial charge in [0, 0.05) is 6.42 Å². The van der Waals surface area contributed by atoms with Crippen LogP contribution >= 0.6 is 0 Å². The van der Waals surface area contributed by atoms with Crippen LogP contribution in [-0.2, 0) is 4.79 Å². The molecule has 6 nitrogen and oxygen atoms in total. The smallest absolute Gasteiger partial charge is 0.332 e. The summed E-state index contributed by atoms with van der Waals surface area (Å²) >= 11 is 0. The Bertz CT molecular complexity index is 476. The summed E-state index contributed by atoms with van der Waals surface area (Å²) in [7, 11) is 0. The van der Waals surface area contributed by atoms with E-state index in [1.165, 1.54) is 0 Å². The molecule has 15 heavy (non-hydrogen) atoms. The third kappa shape index (κ3) is 2.76. The highest BCUT2D eigenvalue weighted by atomic mass is 19.1. The number of carbonyl (C=O) groups excluding carboxylic acids is 1. The summed E-state index contributed by atoms with van der Waals surface area (Å²) in [5.41, 5.74) is -2.14. The minimum Gasteiger partial charge on any atom is -0.332 e. The molecule has 0 unspecified atom stereocenters. The number of halogens is 1. The van der Waals surface area contributed by atoms with Crippen molar-refractivity contribution >= 4 is 5.97 Å². The third-order valence-electron chi connectivity index (χ3n) is 1.52. The van der Waals surface area contributed by atoms with Crippen LogP contribution in [0.3, 0.4) is 0 Å². The molecule has 1 N–H and O–H groups in total. The molecular weight excluding hydrogens is 207 g/mol. The first kappa shape index (κ1) is 11.2. The summed E-state index contributed by atoms with van der Waals surface area (Å²) in [5.74, 6) is -1.87. The van der Waals surface area contributed by atoms with Crippen LogP contribution in [0.1, 0.15) is 19.8 Å². The van der Waals surface area contributed by atoms with Crippen molar-refractivity contribution in [3.8, 4) is 0 Å². The van der Waals surface area contributed by atoms with Crippen LogP contribution in [0.4, 0.5) is 4.39 Å². The molecule has 0 atom stereocenters. The van der Waals surface area contributed by atoms with Crippen molar-refractivity contribution < 1.29 is 14.0 Å². The molecule has 82 valence electrons. The number of hydrogen-bond acceptors (Lipinski definition) is 4. The molecule has 0 radical (unpaired) electrons. The van der Waals surface area contributed by atoms with E-state index in [0.29, 0.717) is 17.3 Å². The summed E-state index contributed by atoms with van der Waals surface area (Å²) in [6.45, 7) is 1.75. The van der Waals surface area contributed by atoms with Gasteiger partial charge in [0.2, 0.25) is 5.82 Å². The fourth-order valence-corrected chi connectivity index (χ4v) is 0.859. The fourth-order valence-electron chi connectivity index (χ4n) is 0.859. The van der Waals surface area contributed by atoms with E-state index in [1.807, 2.05) is 0 Å². The van der Waals surface area contributed by atoms with Crippen molar-refractivity contribution in [3.63, 3.8) is 0 Å². The zero-order chi connectivity index (χ0) is 11.4. The molecular formula is C8H9FN2O4. The molecule has 0 aliphatic carbocycles. The number of nitrogens with one attached hydrogen (secondary N) is 1. The molecule has 1 heterocycles. The van der Waals surface area contributed by atoms with Crippen molar-refractivity contribution in [2.45, 2.75) is 19.8 Å². The summed E-state index contributed by atoms with van der Waals surface area (Å²) in [6, 6.07) is 0. The van der Waals surface area contributed by atoms with Crippen LogP contribution in [0.15, 0.2) is 15.8 Å². The van der Waals surface area contributed by atoms with E-state index in [0.717, 1.165) is 0 Å². The van der Waals surface area contributed by atoms with E-state index in [1.54, 1.807) is 11.9 Å². The van der Waals surface area contributed by atoms with Crippen LogP contribution in [0.25, 0.3) is 0 Å². The highest BCUT2D eigenvalue weighted by Gasteiger charge is 2.08. The SMILES string of the molecule is CCCC(=O)On1cc(F)c(=O)[nH]c1=O. The van der Waals surface area contributed by atoms with Gasteiger partial charge in [-0.15, -0.1) is 4.73 Å². The van der Waals surface area contributed by atoms with Crippen LogP contribution < -0.4 is 16.1 Å². The molecule has 7 heteroatoms. The number of H-pyrrole nitrogens is 1. The topological polar surface area (TPSA) is 81.2 Å². The Morgan fingerprint density at radius 1 is 1.60 bits per heavy atom. The maximum absolute atomic E-state index is 12.7. The lowest BCUT2D eigenvalue weighted by atomic mass is 10.3. The summed E-state index contributed by atoms with van der Waals surface area (Å²) in [5, 5.41) is 0. The minimum absolute atomic E-state index is 0.104. The standard InChI is InChI=1S/C8H9FN2O4/c1-2-3-6(12)15-11-4-5(9)7(13)10-8(11)14/h4H,2-3H2,1H3,(H,10,13,14). The highest BCUT2D eigenvalue weighted by molar-refractivity contribution is 5.69. The molecule has 0 spiro atoms. The van der Waals surface area contributed by atoms with Crippen molar-refractivity contribution in [2.24, 2.45) is 0 Å². The molecule has 0 aliphatic heterocycles. The Balaban J connectivity index is 2.96. The first-order valence-electron chi connectivity index (χ1n) is 4.27. The molecule has 0 aromatic carbocycles. The van der Waals surface area contributed by atoms with Gasteiger partial charge in [-0.1, -0.05) is 6.92 Å². The van der Waals surface area contributed by atoms with Gasteiger partial charge in [0.25, 0.3) is 5.56 Å². The molecule has 0 fully saturated rings. The summed E-state index contributed by atoms with van der Waals surface area (Å²) < 4.78 is 13.1. The van der Waals surface area contributed by atoms with Crippen molar-refractivity contribution in [1.29, 1.82) is 0 Å². The molecule has 1 aromatic rings. The van der Waals surface area contributed by atoms with Gasteiger partial charge >= 0.3 is 11.7 Å². The predicted molar refractivity (Wildman–Crippen MR) is 47.8 cm³/mol. The lowest BCUT2D eigenvalue weighted by Crippen LogP contribution is -2.37. The quantitative estimate of drug-likeness (QED) is 0.733. The molecule has 1 rings (SSSR count). The van der Waals surface area contributed by atoms with Crippen molar-refractivity contribution in [3.05, 3.63) is 32.9 Å². The van der Waals surface area contributed by atoms with Gasteiger partial charge in [-0.05, 0) is 6.42 Å². The number of aromatic nitrogens is 2. The van der Waals surface area contributed by atoms with Crippen LogP contribution in [0.5, 0.6) is 0 Å². The average molecular weight is 216 g/mol. The van der Waals surface area contributed by atoms with E-state index >= 15 is 0 Å². The third-order valence-corrected chi connectivity index (χ3v) is 1.52. The van der Waals surface area contributed by atoms with Crippen LogP contribution in [0, 0.1) is 5.82 Å². The Kier molecular flexibility index (Phi) is 3.37. The van der Waals surface area contributed by atoms with Gasteiger partial charge < -0.3 is 4.84 Å². The van der Waals surface area contributed by atoms with E-state index < -0.39 is 23.0 Å². The van der Waals surface area contributed by atoms with Crippen LogP contribution in [0.2, 0.25) is 0 Å². The van der Waals surface area contributed by atoms with E-state index in [2.05, 4.69) is 4.84 Å². The van der Waals surface area contributed by atoms with Gasteiger partial charge in [0.1, 0.15) is 0 Å². The molecule has 0 saturated carbocycles. The maximum atomic E-state index is 12.7.